The molecule has 22 heavy (non-hydrogen) atoms. The maximum Gasteiger partial charge on any atom is 0.461 e. The average molecular weight is 351 g/mol. The van der Waals surface area contributed by atoms with Gasteiger partial charge in [-0.2, -0.15) is 30.7 Å². The van der Waals surface area contributed by atoms with E-state index < -0.39 is 39.0 Å². The summed E-state index contributed by atoms with van der Waals surface area (Å²) < 4.78 is 99.8. The van der Waals surface area contributed by atoms with E-state index in [1.54, 1.807) is 0 Å². The fourth-order valence-electron chi connectivity index (χ4n) is 1.32. The first kappa shape index (κ1) is 18.4. The van der Waals surface area contributed by atoms with E-state index in [1.165, 1.54) is 0 Å². The molecule has 11 heteroatoms. The summed E-state index contributed by atoms with van der Waals surface area (Å²) in [5.74, 6) is -7.12. The van der Waals surface area contributed by atoms with Crippen LogP contribution in [0.15, 0.2) is 29.2 Å². The summed E-state index contributed by atoms with van der Waals surface area (Å²) in [7, 11) is -3.99. The van der Waals surface area contributed by atoms with Gasteiger partial charge in [-0.05, 0) is 18.2 Å². The van der Waals surface area contributed by atoms with Crippen LogP contribution < -0.4 is 5.32 Å². The Morgan fingerprint density at radius 2 is 1.64 bits per heavy atom. The zero-order valence-electron chi connectivity index (χ0n) is 10.7. The van der Waals surface area contributed by atoms with E-state index >= 15 is 0 Å². The Balaban J connectivity index is 3.22. The van der Waals surface area contributed by atoms with Crippen LogP contribution >= 0.6 is 0 Å². The normalized spacial score (nSPS) is 14.5. The lowest BCUT2D eigenvalue weighted by atomic mass is 10.3. The Hall–Kier alpha value is -1.65. The molecule has 1 aromatic carbocycles. The molecule has 124 valence electrons. The van der Waals surface area contributed by atoms with Crippen molar-refractivity contribution >= 4 is 22.4 Å². The van der Waals surface area contributed by atoms with Crippen molar-refractivity contribution in [3.8, 4) is 0 Å². The lowest BCUT2D eigenvalue weighted by Gasteiger charge is -2.27. The highest BCUT2D eigenvalue weighted by Crippen LogP contribution is 2.49. The quantitative estimate of drug-likeness (QED) is 0.844. The first-order valence-corrected chi connectivity index (χ1v) is 6.57. The van der Waals surface area contributed by atoms with Crippen LogP contribution in [-0.2, 0) is 15.6 Å². The van der Waals surface area contributed by atoms with Crippen LogP contribution in [0.5, 0.6) is 0 Å². The van der Waals surface area contributed by atoms with E-state index in [1.807, 2.05) is 0 Å². The molecule has 0 fully saturated rings. The van der Waals surface area contributed by atoms with Crippen LogP contribution in [0, 0.1) is 0 Å². The van der Waals surface area contributed by atoms with Gasteiger partial charge in [0.15, 0.2) is 0 Å². The molecule has 0 aliphatic heterocycles. The zero-order chi connectivity index (χ0) is 17.3. The molecule has 0 radical (unpaired) electrons. The molecule has 1 atom stereocenters. The molecule has 0 aliphatic rings. The Kier molecular flexibility index (Phi) is 4.90. The average Bonchev–Trinajstić information content (AvgIpc) is 2.35. The van der Waals surface area contributed by atoms with Gasteiger partial charge < -0.3 is 5.32 Å². The van der Waals surface area contributed by atoms with Crippen LogP contribution in [0.25, 0.3) is 0 Å². The molecule has 0 spiro atoms. The number of carbonyl (C=O) groups is 1. The van der Waals surface area contributed by atoms with E-state index in [-0.39, 0.29) is 5.69 Å². The van der Waals surface area contributed by atoms with Gasteiger partial charge in [-0.1, -0.05) is 6.07 Å². The number of hydrogen-bond acceptors (Lipinski definition) is 2. The molecule has 0 bridgehead atoms. The molecular weight excluding hydrogens is 343 g/mol. The van der Waals surface area contributed by atoms with Crippen molar-refractivity contribution in [2.45, 2.75) is 29.2 Å². The highest BCUT2D eigenvalue weighted by molar-refractivity contribution is 7.86. The highest BCUT2D eigenvalue weighted by atomic mass is 32.2. The van der Waals surface area contributed by atoms with Crippen molar-refractivity contribution in [3.05, 3.63) is 24.3 Å². The highest BCUT2D eigenvalue weighted by Gasteiger charge is 2.75. The van der Waals surface area contributed by atoms with Crippen molar-refractivity contribution in [1.82, 2.24) is 0 Å². The van der Waals surface area contributed by atoms with Gasteiger partial charge in [0.25, 0.3) is 0 Å². The first-order chi connectivity index (χ1) is 9.80. The van der Waals surface area contributed by atoms with Crippen LogP contribution in [0.2, 0.25) is 0 Å². The second-order valence-corrected chi connectivity index (χ2v) is 5.59. The molecule has 1 N–H and O–H groups in total. The fraction of sp³-hybridized carbons (Fsp3) is 0.364. The van der Waals surface area contributed by atoms with Gasteiger partial charge in [-0.3, -0.25) is 4.79 Å². The Labute approximate surface area is 122 Å². The van der Waals surface area contributed by atoms with Crippen molar-refractivity contribution in [1.29, 1.82) is 0 Å². The number of rotatable bonds is 4. The SMILES string of the molecule is CC(=O)Nc1cccc(S(=O)C(F)(F)C(F)(F)C(F)(F)F)c1. The van der Waals surface area contributed by atoms with Gasteiger partial charge in [0.1, 0.15) is 10.8 Å². The molecule has 1 unspecified atom stereocenters. The summed E-state index contributed by atoms with van der Waals surface area (Å²) in [4.78, 5) is 9.79. The lowest BCUT2D eigenvalue weighted by Crippen LogP contribution is -2.54. The Morgan fingerprint density at radius 1 is 1.09 bits per heavy atom. The molecule has 3 nitrogen and oxygen atoms in total. The third-order valence-corrected chi connectivity index (χ3v) is 3.73. The van der Waals surface area contributed by atoms with Crippen LogP contribution in [0.1, 0.15) is 6.92 Å². The standard InChI is InChI=1S/C11H8F7NO2S/c1-6(20)19-7-3-2-4-8(5-7)22(21)11(17,18)9(12,13)10(14,15)16/h2-5H,1H3,(H,19,20). The van der Waals surface area contributed by atoms with Crippen LogP contribution in [0.3, 0.4) is 0 Å². The summed E-state index contributed by atoms with van der Waals surface area (Å²) in [6.07, 6.45) is -6.57. The molecule has 0 saturated carbocycles. The number of benzene rings is 1. The van der Waals surface area contributed by atoms with Gasteiger partial charge >= 0.3 is 17.4 Å². The number of carbonyl (C=O) groups excluding carboxylic acids is 1. The fourth-order valence-corrected chi connectivity index (χ4v) is 2.40. The molecule has 1 aromatic rings. The number of halogens is 7. The summed E-state index contributed by atoms with van der Waals surface area (Å²) >= 11 is 0. The summed E-state index contributed by atoms with van der Waals surface area (Å²) in [6.45, 7) is 1.05. The Morgan fingerprint density at radius 3 is 2.09 bits per heavy atom. The van der Waals surface area contributed by atoms with Gasteiger partial charge in [-0.25, -0.2) is 4.21 Å². The summed E-state index contributed by atoms with van der Waals surface area (Å²) in [6, 6.07) is 3.43. The molecule has 0 heterocycles. The molecule has 0 saturated heterocycles. The largest absolute Gasteiger partial charge is 0.461 e. The van der Waals surface area contributed by atoms with Crippen molar-refractivity contribution < 1.29 is 39.7 Å². The van der Waals surface area contributed by atoms with E-state index in [2.05, 4.69) is 5.32 Å². The topological polar surface area (TPSA) is 46.2 Å². The number of amides is 1. The van der Waals surface area contributed by atoms with Crippen molar-refractivity contribution in [2.75, 3.05) is 5.32 Å². The maximum absolute atomic E-state index is 13.3. The lowest BCUT2D eigenvalue weighted by molar-refractivity contribution is -0.331. The molecular formula is C11H8F7NO2S. The third kappa shape index (κ3) is 3.39. The zero-order valence-corrected chi connectivity index (χ0v) is 11.5. The number of alkyl halides is 7. The summed E-state index contributed by atoms with van der Waals surface area (Å²) in [5, 5.41) is -3.78. The minimum atomic E-state index is -6.57. The van der Waals surface area contributed by atoms with Gasteiger partial charge in [-0.15, -0.1) is 0 Å². The number of nitrogens with one attached hydrogen (secondary N) is 1. The van der Waals surface area contributed by atoms with E-state index in [0.717, 1.165) is 19.1 Å². The summed E-state index contributed by atoms with van der Waals surface area (Å²) in [5.41, 5.74) is -0.176. The van der Waals surface area contributed by atoms with Gasteiger partial charge in [0.2, 0.25) is 5.91 Å². The van der Waals surface area contributed by atoms with Crippen molar-refractivity contribution in [2.24, 2.45) is 0 Å². The minimum Gasteiger partial charge on any atom is -0.326 e. The predicted octanol–water partition coefficient (Wildman–Crippen LogP) is 3.54. The van der Waals surface area contributed by atoms with E-state index in [4.69, 9.17) is 0 Å². The molecule has 1 rings (SSSR count). The van der Waals surface area contributed by atoms with Crippen LogP contribution in [0.4, 0.5) is 36.4 Å². The van der Waals surface area contributed by atoms with Gasteiger partial charge in [0.05, 0.1) is 0 Å². The predicted molar refractivity (Wildman–Crippen MR) is 63.1 cm³/mol. The van der Waals surface area contributed by atoms with Gasteiger partial charge in [0, 0.05) is 17.5 Å². The maximum atomic E-state index is 13.3. The van der Waals surface area contributed by atoms with E-state index in [0.29, 0.717) is 12.1 Å². The smallest absolute Gasteiger partial charge is 0.326 e. The molecule has 1 amide bonds. The number of anilines is 1. The molecule has 0 aliphatic carbocycles. The van der Waals surface area contributed by atoms with E-state index in [9.17, 15) is 39.7 Å². The van der Waals surface area contributed by atoms with Crippen LogP contribution in [-0.4, -0.2) is 27.5 Å². The molecule has 0 aromatic heterocycles. The third-order valence-electron chi connectivity index (χ3n) is 2.32. The second kappa shape index (κ2) is 5.86. The monoisotopic (exact) mass is 351 g/mol. The minimum absolute atomic E-state index is 0.176. The second-order valence-electron chi connectivity index (χ2n) is 4.07. The Bertz CT molecular complexity index is 600. The first-order valence-electron chi connectivity index (χ1n) is 5.42. The number of hydrogen-bond donors (Lipinski definition) is 1. The van der Waals surface area contributed by atoms with Crippen molar-refractivity contribution in [3.63, 3.8) is 0 Å².